The van der Waals surface area contributed by atoms with Crippen LogP contribution in [0.2, 0.25) is 0 Å². The fraction of sp³-hybridized carbons (Fsp3) is 0.300. The van der Waals surface area contributed by atoms with Gasteiger partial charge in [-0.3, -0.25) is 4.79 Å². The highest BCUT2D eigenvalue weighted by Gasteiger charge is 2.57. The standard InChI is InChI=1S/C40H39N2O10/c1-41(39(45)50-21-24-12-8-6-9-13-24)20-28-31-26(19-30(46-3)32(28)38(44)48-5)18-27-33(36(31)47-4)35-34-29(52-42(35)2)16-17-49-23-40(34,37(27)43)51-22-25-14-10-7-11-15-25/h6-15,18-19H,16-17,20-23H2,1-5H3/q+1. The van der Waals surface area contributed by atoms with E-state index in [9.17, 15) is 9.59 Å². The molecule has 2 aliphatic rings. The Kier molecular flexibility index (Phi) is 9.43. The number of rotatable bonds is 10. The van der Waals surface area contributed by atoms with E-state index in [0.717, 1.165) is 11.1 Å². The minimum atomic E-state index is -1.52. The number of fused-ring (bicyclic) bond motifs is 3. The van der Waals surface area contributed by atoms with E-state index in [2.05, 4.69) is 0 Å². The second-order valence-corrected chi connectivity index (χ2v) is 12.7. The molecule has 0 N–H and O–H groups in total. The number of ketones is 1. The van der Waals surface area contributed by atoms with Crippen molar-refractivity contribution in [3.8, 4) is 22.8 Å². The van der Waals surface area contributed by atoms with Crippen LogP contribution >= 0.6 is 0 Å². The van der Waals surface area contributed by atoms with E-state index in [-0.39, 0.29) is 43.5 Å². The van der Waals surface area contributed by atoms with E-state index < -0.39 is 17.7 Å². The Bertz CT molecular complexity index is 2180. The first kappa shape index (κ1) is 34.7. The molecule has 12 heteroatoms. The predicted octanol–water partition coefficient (Wildman–Crippen LogP) is 5.68. The second-order valence-electron chi connectivity index (χ2n) is 12.7. The van der Waals surface area contributed by atoms with E-state index in [1.54, 1.807) is 31.0 Å². The summed E-state index contributed by atoms with van der Waals surface area (Å²) in [7, 11) is 7.54. The number of aryl methyl sites for hydroxylation is 1. The molecule has 0 saturated carbocycles. The lowest BCUT2D eigenvalue weighted by molar-refractivity contribution is -0.837. The highest BCUT2D eigenvalue weighted by molar-refractivity contribution is 6.17. The first-order chi connectivity index (χ1) is 25.2. The van der Waals surface area contributed by atoms with Crippen LogP contribution < -0.4 is 14.2 Å². The summed E-state index contributed by atoms with van der Waals surface area (Å²) in [6.07, 6.45) is -0.196. The van der Waals surface area contributed by atoms with Gasteiger partial charge in [-0.15, -0.1) is 0 Å². The van der Waals surface area contributed by atoms with Gasteiger partial charge in [0.05, 0.1) is 47.7 Å². The van der Waals surface area contributed by atoms with Crippen LogP contribution in [0, 0.1) is 0 Å². The molecule has 12 nitrogen and oxygen atoms in total. The van der Waals surface area contributed by atoms with Crippen molar-refractivity contribution < 1.29 is 52.1 Å². The first-order valence-corrected chi connectivity index (χ1v) is 16.8. The van der Waals surface area contributed by atoms with Crippen LogP contribution in [-0.2, 0) is 57.8 Å². The van der Waals surface area contributed by atoms with E-state index >= 15 is 4.79 Å². The number of methoxy groups -OCH3 is 3. The van der Waals surface area contributed by atoms with Crippen molar-refractivity contribution in [2.24, 2.45) is 7.05 Å². The molecule has 0 fully saturated rings. The van der Waals surface area contributed by atoms with Gasteiger partial charge in [0.2, 0.25) is 5.78 Å². The molecule has 2 heterocycles. The van der Waals surface area contributed by atoms with Crippen molar-refractivity contribution in [2.75, 3.05) is 41.6 Å². The summed E-state index contributed by atoms with van der Waals surface area (Å²) in [4.78, 5) is 43.2. The summed E-state index contributed by atoms with van der Waals surface area (Å²) in [6.45, 7) is 0.421. The molecule has 0 saturated heterocycles. The van der Waals surface area contributed by atoms with Gasteiger partial charge in [-0.05, 0) is 33.4 Å². The molecule has 0 bridgehead atoms. The highest BCUT2D eigenvalue weighted by Crippen LogP contribution is 2.53. The number of carbonyl (C=O) groups excluding carboxylic acids is 3. The largest absolute Gasteiger partial charge is 0.496 e. The lowest BCUT2D eigenvalue weighted by atomic mass is 9.75. The minimum Gasteiger partial charge on any atom is -0.496 e. The fourth-order valence-electron chi connectivity index (χ4n) is 7.21. The van der Waals surface area contributed by atoms with Gasteiger partial charge >= 0.3 is 12.1 Å². The van der Waals surface area contributed by atoms with Crippen LogP contribution in [0.1, 0.15) is 48.7 Å². The number of amides is 1. The number of ether oxygens (including phenoxy) is 6. The molecular formula is C40H39N2O10+. The van der Waals surface area contributed by atoms with Gasteiger partial charge in [0, 0.05) is 30.0 Å². The highest BCUT2D eigenvalue weighted by atomic mass is 16.6. The molecule has 1 amide bonds. The van der Waals surface area contributed by atoms with Crippen molar-refractivity contribution in [2.45, 2.75) is 31.8 Å². The number of hydrogen-bond acceptors (Lipinski definition) is 10. The van der Waals surface area contributed by atoms with Crippen molar-refractivity contribution in [1.82, 2.24) is 4.90 Å². The summed E-state index contributed by atoms with van der Waals surface area (Å²) in [6, 6.07) is 22.3. The topological polar surface area (TPSA) is 127 Å². The van der Waals surface area contributed by atoms with Crippen LogP contribution in [0.4, 0.5) is 4.79 Å². The maximum absolute atomic E-state index is 15.0. The number of nitrogens with zero attached hydrogens (tertiary/aromatic N) is 2. The third kappa shape index (κ3) is 5.83. The smallest absolute Gasteiger partial charge is 0.410 e. The number of esters is 1. The Balaban J connectivity index is 1.43. The lowest BCUT2D eigenvalue weighted by Gasteiger charge is -2.34. The summed E-state index contributed by atoms with van der Waals surface area (Å²) in [5.41, 5.74) is 2.61. The molecule has 52 heavy (non-hydrogen) atoms. The number of aromatic nitrogens is 1. The molecule has 1 aromatic heterocycles. The second kappa shape index (κ2) is 14.1. The van der Waals surface area contributed by atoms with Crippen molar-refractivity contribution in [3.63, 3.8) is 0 Å². The summed E-state index contributed by atoms with van der Waals surface area (Å²) in [5, 5.41) is 1.01. The number of benzene rings is 4. The minimum absolute atomic E-state index is 0.0241. The van der Waals surface area contributed by atoms with Crippen LogP contribution in [0.3, 0.4) is 0 Å². The molecular weight excluding hydrogens is 668 g/mol. The normalized spacial score (nSPS) is 16.1. The van der Waals surface area contributed by atoms with E-state index in [0.29, 0.717) is 63.3 Å². The van der Waals surface area contributed by atoms with Gasteiger partial charge in [0.1, 0.15) is 34.8 Å². The average Bonchev–Trinajstić information content (AvgIpc) is 3.39. The molecule has 5 aromatic rings. The third-order valence-electron chi connectivity index (χ3n) is 9.61. The third-order valence-corrected chi connectivity index (χ3v) is 9.61. The zero-order chi connectivity index (χ0) is 36.6. The fourth-order valence-corrected chi connectivity index (χ4v) is 7.21. The Morgan fingerprint density at radius 2 is 1.63 bits per heavy atom. The summed E-state index contributed by atoms with van der Waals surface area (Å²) >= 11 is 0. The SMILES string of the molecule is COC(=O)c1c(OC)cc2cc3c(c(OC)c2c1CN(C)C(=O)OCc1ccccc1)-c1c2c(o[n+]1C)CCOCC2(OCc1ccccc1)C3=O. The quantitative estimate of drug-likeness (QED) is 0.132. The molecule has 1 unspecified atom stereocenters. The molecule has 1 aliphatic heterocycles. The Morgan fingerprint density at radius 3 is 2.29 bits per heavy atom. The lowest BCUT2D eigenvalue weighted by Crippen LogP contribution is -2.47. The van der Waals surface area contributed by atoms with Crippen LogP contribution in [-0.4, -0.2) is 64.3 Å². The number of hydrogen-bond donors (Lipinski definition) is 0. The number of Topliss-reactive ketones (excluding diaryl/α,β-unsaturated/α-hetero) is 1. The van der Waals surface area contributed by atoms with Crippen LogP contribution in [0.5, 0.6) is 11.5 Å². The van der Waals surface area contributed by atoms with E-state index in [4.69, 9.17) is 32.9 Å². The van der Waals surface area contributed by atoms with E-state index in [1.807, 2.05) is 60.7 Å². The van der Waals surface area contributed by atoms with Crippen LogP contribution in [0.15, 0.2) is 77.3 Å². The molecule has 4 aromatic carbocycles. The van der Waals surface area contributed by atoms with Gasteiger partial charge in [0.15, 0.2) is 18.4 Å². The van der Waals surface area contributed by atoms with E-state index in [1.165, 1.54) is 26.2 Å². The van der Waals surface area contributed by atoms with Gasteiger partial charge in [-0.2, -0.15) is 0 Å². The Labute approximate surface area is 300 Å². The van der Waals surface area contributed by atoms with Crippen molar-refractivity contribution >= 4 is 28.6 Å². The molecule has 0 spiro atoms. The monoisotopic (exact) mass is 707 g/mol. The summed E-state index contributed by atoms with van der Waals surface area (Å²) in [5.74, 6) is 0.0557. The van der Waals surface area contributed by atoms with Gasteiger partial charge in [-0.1, -0.05) is 60.7 Å². The zero-order valence-electron chi connectivity index (χ0n) is 29.6. The maximum Gasteiger partial charge on any atom is 0.410 e. The summed E-state index contributed by atoms with van der Waals surface area (Å²) < 4.78 is 43.4. The molecule has 1 aliphatic carbocycles. The molecule has 268 valence electrons. The Hall–Kier alpha value is -5.72. The first-order valence-electron chi connectivity index (χ1n) is 16.8. The van der Waals surface area contributed by atoms with Gasteiger partial charge in [0.25, 0.3) is 5.69 Å². The molecule has 0 radical (unpaired) electrons. The number of carbonyl (C=O) groups is 3. The zero-order valence-corrected chi connectivity index (χ0v) is 29.6. The van der Waals surface area contributed by atoms with Crippen LogP contribution in [0.25, 0.3) is 22.0 Å². The van der Waals surface area contributed by atoms with Gasteiger partial charge in [-0.25, -0.2) is 14.1 Å². The molecule has 1 atom stereocenters. The molecule has 7 rings (SSSR count). The maximum atomic E-state index is 15.0. The average molecular weight is 708 g/mol. The Morgan fingerprint density at radius 1 is 0.942 bits per heavy atom. The van der Waals surface area contributed by atoms with Gasteiger partial charge < -0.3 is 33.3 Å². The van der Waals surface area contributed by atoms with Crippen molar-refractivity contribution in [1.29, 1.82) is 0 Å². The van der Waals surface area contributed by atoms with Crippen molar-refractivity contribution in [3.05, 3.63) is 112 Å². The predicted molar refractivity (Wildman–Crippen MR) is 187 cm³/mol.